The first-order chi connectivity index (χ1) is 11.9. The Labute approximate surface area is 142 Å². The molecule has 25 heavy (non-hydrogen) atoms. The molecule has 1 fully saturated rings. The van der Waals surface area contributed by atoms with Crippen LogP contribution in [0, 0.1) is 0 Å². The topological polar surface area (TPSA) is 50.1 Å². The number of nitrogens with zero attached hydrogens (tertiary/aromatic N) is 6. The molecule has 0 unspecified atom stereocenters. The highest BCUT2D eigenvalue weighted by Crippen LogP contribution is 2.24. The molecule has 0 radical (unpaired) electrons. The fourth-order valence-corrected chi connectivity index (χ4v) is 2.89. The number of rotatable bonds is 5. The Bertz CT molecular complexity index is 712. The molecule has 2 aromatic rings. The van der Waals surface area contributed by atoms with Crippen molar-refractivity contribution >= 4 is 5.82 Å². The molecule has 0 aliphatic carbocycles. The van der Waals surface area contributed by atoms with Gasteiger partial charge >= 0.3 is 0 Å². The smallest absolute Gasteiger partial charge is 0.282 e. The monoisotopic (exact) mass is 358 g/mol. The van der Waals surface area contributed by atoms with Crippen LogP contribution in [0.15, 0.2) is 18.6 Å². The Morgan fingerprint density at radius 3 is 2.40 bits per heavy atom. The van der Waals surface area contributed by atoms with E-state index >= 15 is 0 Å². The third kappa shape index (κ3) is 4.06. The molecule has 3 rings (SSSR count). The molecule has 1 aliphatic rings. The predicted molar refractivity (Wildman–Crippen MR) is 82.6 cm³/mol. The van der Waals surface area contributed by atoms with E-state index in [1.165, 1.54) is 10.7 Å². The van der Waals surface area contributed by atoms with E-state index in [9.17, 15) is 17.6 Å². The number of aromatic nitrogens is 4. The lowest BCUT2D eigenvalue weighted by Crippen LogP contribution is -2.46. The van der Waals surface area contributed by atoms with Gasteiger partial charge < -0.3 is 4.90 Å². The molecule has 0 aromatic carbocycles. The van der Waals surface area contributed by atoms with Gasteiger partial charge in [0, 0.05) is 57.6 Å². The van der Waals surface area contributed by atoms with Gasteiger partial charge in [-0.15, -0.1) is 0 Å². The van der Waals surface area contributed by atoms with Crippen molar-refractivity contribution in [1.82, 2.24) is 24.6 Å². The average molecular weight is 358 g/mol. The molecule has 2 aromatic heterocycles. The van der Waals surface area contributed by atoms with Crippen molar-refractivity contribution in [3.63, 3.8) is 0 Å². The number of anilines is 1. The highest BCUT2D eigenvalue weighted by molar-refractivity contribution is 5.39. The maximum atomic E-state index is 13.0. The first-order valence-electron chi connectivity index (χ1n) is 7.82. The first-order valence-corrected chi connectivity index (χ1v) is 7.82. The molecule has 0 bridgehead atoms. The number of piperazine rings is 1. The molecule has 3 heterocycles. The molecule has 0 amide bonds. The third-order valence-electron chi connectivity index (χ3n) is 4.13. The predicted octanol–water partition coefficient (Wildman–Crippen LogP) is 2.41. The molecule has 1 saturated heterocycles. The summed E-state index contributed by atoms with van der Waals surface area (Å²) < 4.78 is 52.9. The Kier molecular flexibility index (Phi) is 5.16. The second-order valence-corrected chi connectivity index (χ2v) is 5.88. The van der Waals surface area contributed by atoms with Crippen molar-refractivity contribution in [2.45, 2.75) is 19.4 Å². The summed E-state index contributed by atoms with van der Waals surface area (Å²) in [7, 11) is 1.61. The van der Waals surface area contributed by atoms with Crippen LogP contribution in [-0.2, 0) is 13.6 Å². The molecular formula is C15H18F4N6. The van der Waals surface area contributed by atoms with Gasteiger partial charge in [0.1, 0.15) is 23.5 Å². The summed E-state index contributed by atoms with van der Waals surface area (Å²) in [5, 5.41) is 3.81. The number of hydrogen-bond acceptors (Lipinski definition) is 5. The fraction of sp³-hybridized carbons (Fsp3) is 0.533. The van der Waals surface area contributed by atoms with E-state index in [2.05, 4.69) is 15.1 Å². The lowest BCUT2D eigenvalue weighted by Gasteiger charge is -2.35. The van der Waals surface area contributed by atoms with Gasteiger partial charge in [0.05, 0.1) is 0 Å². The fourth-order valence-electron chi connectivity index (χ4n) is 2.89. The standard InChI is InChI=1S/C15H18F4N6/c1-23-7-10(13(22-23)15(18)19)8-24-2-4-25(5-3-24)12-6-11(14(16)17)20-9-21-12/h6-7,9,14-15H,2-5,8H2,1H3. The van der Waals surface area contributed by atoms with E-state index in [-0.39, 0.29) is 11.4 Å². The second-order valence-electron chi connectivity index (χ2n) is 5.88. The van der Waals surface area contributed by atoms with Crippen molar-refractivity contribution in [1.29, 1.82) is 0 Å². The van der Waals surface area contributed by atoms with E-state index in [1.807, 2.05) is 9.80 Å². The van der Waals surface area contributed by atoms with Crippen LogP contribution in [0.25, 0.3) is 0 Å². The summed E-state index contributed by atoms with van der Waals surface area (Å²) >= 11 is 0. The van der Waals surface area contributed by atoms with Crippen LogP contribution in [0.5, 0.6) is 0 Å². The van der Waals surface area contributed by atoms with Crippen LogP contribution in [-0.4, -0.2) is 50.8 Å². The van der Waals surface area contributed by atoms with Gasteiger partial charge in [-0.25, -0.2) is 27.5 Å². The van der Waals surface area contributed by atoms with Crippen LogP contribution in [0.2, 0.25) is 0 Å². The minimum atomic E-state index is -2.64. The molecule has 136 valence electrons. The zero-order valence-corrected chi connectivity index (χ0v) is 13.6. The molecule has 0 spiro atoms. The first kappa shape index (κ1) is 17.6. The van der Waals surface area contributed by atoms with E-state index in [4.69, 9.17) is 0 Å². The number of hydrogen-bond donors (Lipinski definition) is 0. The van der Waals surface area contributed by atoms with Crippen molar-refractivity contribution in [2.75, 3.05) is 31.1 Å². The maximum Gasteiger partial charge on any atom is 0.282 e. The minimum absolute atomic E-state index is 0.192. The molecule has 0 atom stereocenters. The Morgan fingerprint density at radius 2 is 1.76 bits per heavy atom. The summed E-state index contributed by atoms with van der Waals surface area (Å²) in [6, 6.07) is 1.29. The van der Waals surface area contributed by atoms with Gasteiger partial charge in [0.2, 0.25) is 0 Å². The minimum Gasteiger partial charge on any atom is -0.354 e. The summed E-state index contributed by atoms with van der Waals surface area (Å²) in [6.07, 6.45) is -2.51. The van der Waals surface area contributed by atoms with Crippen molar-refractivity contribution < 1.29 is 17.6 Å². The van der Waals surface area contributed by atoms with Crippen LogP contribution in [0.3, 0.4) is 0 Å². The molecule has 1 aliphatic heterocycles. The largest absolute Gasteiger partial charge is 0.354 e. The van der Waals surface area contributed by atoms with Crippen LogP contribution < -0.4 is 4.90 Å². The lowest BCUT2D eigenvalue weighted by molar-refractivity contribution is 0.142. The van der Waals surface area contributed by atoms with Gasteiger partial charge in [-0.3, -0.25) is 9.58 Å². The van der Waals surface area contributed by atoms with Crippen molar-refractivity contribution in [2.24, 2.45) is 7.05 Å². The number of aryl methyl sites for hydroxylation is 1. The summed E-state index contributed by atoms with van der Waals surface area (Å²) in [5.74, 6) is 0.458. The van der Waals surface area contributed by atoms with E-state index in [0.29, 0.717) is 44.1 Å². The zero-order chi connectivity index (χ0) is 18.0. The molecule has 6 nitrogen and oxygen atoms in total. The quantitative estimate of drug-likeness (QED) is 0.769. The zero-order valence-electron chi connectivity index (χ0n) is 13.6. The van der Waals surface area contributed by atoms with Crippen LogP contribution in [0.4, 0.5) is 23.4 Å². The maximum absolute atomic E-state index is 13.0. The molecule has 0 saturated carbocycles. The van der Waals surface area contributed by atoms with E-state index in [1.54, 1.807) is 13.2 Å². The second kappa shape index (κ2) is 7.34. The van der Waals surface area contributed by atoms with Gasteiger partial charge in [-0.2, -0.15) is 5.10 Å². The Hall–Kier alpha value is -2.23. The molecule has 0 N–H and O–H groups in total. The van der Waals surface area contributed by atoms with Crippen molar-refractivity contribution in [3.8, 4) is 0 Å². The average Bonchev–Trinajstić information content (AvgIpc) is 2.96. The van der Waals surface area contributed by atoms with Gasteiger partial charge in [0.25, 0.3) is 12.9 Å². The highest BCUT2D eigenvalue weighted by Gasteiger charge is 2.23. The van der Waals surface area contributed by atoms with Gasteiger partial charge in [-0.05, 0) is 0 Å². The number of alkyl halides is 4. The summed E-state index contributed by atoms with van der Waals surface area (Å²) in [6.45, 7) is 2.76. The third-order valence-corrected chi connectivity index (χ3v) is 4.13. The Balaban J connectivity index is 1.62. The van der Waals surface area contributed by atoms with Gasteiger partial charge in [-0.1, -0.05) is 0 Å². The van der Waals surface area contributed by atoms with E-state index in [0.717, 1.165) is 6.33 Å². The highest BCUT2D eigenvalue weighted by atomic mass is 19.3. The Morgan fingerprint density at radius 1 is 1.04 bits per heavy atom. The molecule has 10 heteroatoms. The van der Waals surface area contributed by atoms with Gasteiger partial charge in [0.15, 0.2) is 0 Å². The van der Waals surface area contributed by atoms with Crippen molar-refractivity contribution in [3.05, 3.63) is 35.5 Å². The number of halogens is 4. The van der Waals surface area contributed by atoms with Crippen LogP contribution in [0.1, 0.15) is 29.8 Å². The SMILES string of the molecule is Cn1cc(CN2CCN(c3cc(C(F)F)ncn3)CC2)c(C(F)F)n1. The van der Waals surface area contributed by atoms with Crippen LogP contribution >= 0.6 is 0 Å². The lowest BCUT2D eigenvalue weighted by atomic mass is 10.2. The summed E-state index contributed by atoms with van der Waals surface area (Å²) in [4.78, 5) is 11.5. The van der Waals surface area contributed by atoms with E-state index < -0.39 is 12.9 Å². The summed E-state index contributed by atoms with van der Waals surface area (Å²) in [5.41, 5.74) is 0.0136. The normalized spacial score (nSPS) is 16.2. The molecular weight excluding hydrogens is 340 g/mol.